The highest BCUT2D eigenvalue weighted by atomic mass is 16.6. The molecule has 6 rings (SSSR count). The van der Waals surface area contributed by atoms with Crippen LogP contribution in [0.2, 0.25) is 0 Å². The number of fused-ring (bicyclic) bond motifs is 1. The summed E-state index contributed by atoms with van der Waals surface area (Å²) in [6, 6.07) is 11.9. The summed E-state index contributed by atoms with van der Waals surface area (Å²) >= 11 is 0. The van der Waals surface area contributed by atoms with Crippen LogP contribution in [0.5, 0.6) is 5.75 Å². The average molecular weight is 718 g/mol. The zero-order valence-electron chi connectivity index (χ0n) is 31.0. The van der Waals surface area contributed by atoms with Crippen molar-refractivity contribution < 1.29 is 33.8 Å². The lowest BCUT2D eigenvalue weighted by atomic mass is 9.83. The molecular weight excluding hydrogens is 662 g/mol. The number of phenolic OH excluding ortho intramolecular Hbond substituents is 1. The highest BCUT2D eigenvalue weighted by molar-refractivity contribution is 5.91. The summed E-state index contributed by atoms with van der Waals surface area (Å²) in [6.45, 7) is 9.98. The number of aryl methyl sites for hydroxylation is 2. The number of aromatic hydroxyl groups is 1. The lowest BCUT2D eigenvalue weighted by Crippen LogP contribution is -2.55. The number of piperidine rings is 1. The maximum absolute atomic E-state index is 14.1. The number of anilines is 1. The number of piperazine rings is 1. The van der Waals surface area contributed by atoms with E-state index in [9.17, 15) is 24.3 Å². The van der Waals surface area contributed by atoms with E-state index >= 15 is 0 Å². The number of benzene rings is 2. The van der Waals surface area contributed by atoms with Crippen LogP contribution in [-0.4, -0.2) is 119 Å². The van der Waals surface area contributed by atoms with E-state index in [-0.39, 0.29) is 36.1 Å². The van der Waals surface area contributed by atoms with Gasteiger partial charge in [0.2, 0.25) is 0 Å². The van der Waals surface area contributed by atoms with Gasteiger partial charge < -0.3 is 34.6 Å². The molecule has 0 radical (unpaired) electrons. The van der Waals surface area contributed by atoms with Crippen molar-refractivity contribution in [1.29, 1.82) is 0 Å². The first-order valence-electron chi connectivity index (χ1n) is 19.2. The first kappa shape index (κ1) is 37.4. The van der Waals surface area contributed by atoms with Crippen molar-refractivity contribution in [3.63, 3.8) is 0 Å². The maximum atomic E-state index is 14.1. The third-order valence-corrected chi connectivity index (χ3v) is 11.5. The molecule has 1 aliphatic carbocycles. The van der Waals surface area contributed by atoms with E-state index in [0.29, 0.717) is 81.7 Å². The van der Waals surface area contributed by atoms with Gasteiger partial charge in [-0.25, -0.2) is 9.59 Å². The van der Waals surface area contributed by atoms with Gasteiger partial charge in [-0.1, -0.05) is 30.3 Å². The fourth-order valence-electron chi connectivity index (χ4n) is 8.53. The number of esters is 1. The van der Waals surface area contributed by atoms with Gasteiger partial charge in [0.15, 0.2) is 6.10 Å². The monoisotopic (exact) mass is 717 g/mol. The van der Waals surface area contributed by atoms with Gasteiger partial charge in [-0.05, 0) is 100.0 Å². The van der Waals surface area contributed by atoms with Crippen LogP contribution in [0.15, 0.2) is 36.4 Å². The van der Waals surface area contributed by atoms with Crippen LogP contribution in [0.4, 0.5) is 15.3 Å². The summed E-state index contributed by atoms with van der Waals surface area (Å²) in [5.74, 6) is 0.284. The summed E-state index contributed by atoms with van der Waals surface area (Å²) in [5.41, 5.74) is 4.21. The van der Waals surface area contributed by atoms with Crippen LogP contribution in [0.3, 0.4) is 0 Å². The Morgan fingerprint density at radius 2 is 1.54 bits per heavy atom. The molecule has 3 fully saturated rings. The molecule has 0 spiro atoms. The molecule has 12 heteroatoms. The van der Waals surface area contributed by atoms with Gasteiger partial charge in [0.25, 0.3) is 5.91 Å². The molecule has 12 nitrogen and oxygen atoms in total. The van der Waals surface area contributed by atoms with Crippen molar-refractivity contribution in [2.24, 2.45) is 5.92 Å². The number of hydrogen-bond donors (Lipinski definition) is 2. The normalized spacial score (nSPS) is 22.2. The molecule has 0 unspecified atom stereocenters. The average Bonchev–Trinajstić information content (AvgIpc) is 3.31. The highest BCUT2D eigenvalue weighted by Gasteiger charge is 2.37. The predicted octanol–water partition coefficient (Wildman–Crippen LogP) is 5.27. The molecule has 1 atom stereocenters. The summed E-state index contributed by atoms with van der Waals surface area (Å²) < 4.78 is 11.2. The number of nitrogens with zero attached hydrogens (tertiary/aromatic N) is 4. The molecule has 4 aliphatic rings. The molecule has 2 aromatic carbocycles. The number of carbonyl (C=O) groups is 4. The molecule has 2 N–H and O–H groups in total. The number of hydrogen-bond acceptors (Lipinski definition) is 8. The Kier molecular flexibility index (Phi) is 12.2. The standard InChI is InChI=1S/C40H55N5O7/c1-4-51-36(46)26-29-9-11-32(12-10-29)42-19-21-43(22-20-42)38(48)35(25-30-23-27(2)37(47)28(3)24-30)52-40(50)44-16-14-33(15-17-44)45-18-13-31-7-5-6-8-34(31)41-39(45)49/h5-8,23-24,29,32-33,35,47H,4,9-22,25-26H2,1-3H3,(H,41,49)/t29?,32?,35-/m1/s1. The third-order valence-electron chi connectivity index (χ3n) is 11.5. The number of carbonyl (C=O) groups excluding carboxylic acids is 4. The van der Waals surface area contributed by atoms with Gasteiger partial charge in [0.05, 0.1) is 6.61 Å². The van der Waals surface area contributed by atoms with E-state index in [0.717, 1.165) is 62.0 Å². The fourth-order valence-corrected chi connectivity index (χ4v) is 8.53. The second kappa shape index (κ2) is 17.0. The Bertz CT molecular complexity index is 1570. The first-order chi connectivity index (χ1) is 25.1. The minimum absolute atomic E-state index is 0.00245. The molecule has 2 aromatic rings. The predicted molar refractivity (Wildman–Crippen MR) is 197 cm³/mol. The number of nitrogens with one attached hydrogen (secondary N) is 1. The van der Waals surface area contributed by atoms with E-state index in [1.165, 1.54) is 0 Å². The van der Waals surface area contributed by atoms with Gasteiger partial charge in [-0.15, -0.1) is 0 Å². The fraction of sp³-hybridized carbons (Fsp3) is 0.600. The van der Waals surface area contributed by atoms with Crippen LogP contribution >= 0.6 is 0 Å². The Morgan fingerprint density at radius 1 is 0.865 bits per heavy atom. The minimum atomic E-state index is -1.01. The molecule has 4 amide bonds. The summed E-state index contributed by atoms with van der Waals surface area (Å²) in [6.07, 6.45) is 5.27. The molecule has 282 valence electrons. The van der Waals surface area contributed by atoms with Crippen molar-refractivity contribution in [3.05, 3.63) is 58.7 Å². The molecule has 52 heavy (non-hydrogen) atoms. The van der Waals surface area contributed by atoms with E-state index < -0.39 is 12.2 Å². The van der Waals surface area contributed by atoms with Crippen molar-refractivity contribution >= 4 is 29.7 Å². The van der Waals surface area contributed by atoms with Crippen molar-refractivity contribution in [1.82, 2.24) is 19.6 Å². The van der Waals surface area contributed by atoms with Crippen LogP contribution < -0.4 is 5.32 Å². The molecule has 3 aliphatic heterocycles. The summed E-state index contributed by atoms with van der Waals surface area (Å²) in [7, 11) is 0. The Labute approximate surface area is 307 Å². The molecule has 0 aromatic heterocycles. The lowest BCUT2D eigenvalue weighted by molar-refractivity contribution is -0.144. The molecule has 2 saturated heterocycles. The first-order valence-corrected chi connectivity index (χ1v) is 19.2. The zero-order valence-corrected chi connectivity index (χ0v) is 31.0. The van der Waals surface area contributed by atoms with Crippen LogP contribution in [0, 0.1) is 19.8 Å². The molecular formula is C40H55N5O7. The van der Waals surface area contributed by atoms with Crippen molar-refractivity contribution in [3.8, 4) is 5.75 Å². The number of ether oxygens (including phenoxy) is 2. The zero-order chi connectivity index (χ0) is 36.8. The number of rotatable bonds is 9. The van der Waals surface area contributed by atoms with Gasteiger partial charge >= 0.3 is 18.1 Å². The van der Waals surface area contributed by atoms with Crippen LogP contribution in [0.25, 0.3) is 0 Å². The topological polar surface area (TPSA) is 132 Å². The number of likely N-dealkylation sites (tertiary alicyclic amines) is 1. The van der Waals surface area contributed by atoms with Crippen LogP contribution in [-0.2, 0) is 31.9 Å². The maximum Gasteiger partial charge on any atom is 0.410 e. The number of amides is 4. The Balaban J connectivity index is 1.05. The smallest absolute Gasteiger partial charge is 0.410 e. The third kappa shape index (κ3) is 9.00. The molecule has 3 heterocycles. The van der Waals surface area contributed by atoms with E-state index in [1.807, 2.05) is 67.0 Å². The highest BCUT2D eigenvalue weighted by Crippen LogP contribution is 2.31. The summed E-state index contributed by atoms with van der Waals surface area (Å²) in [4.78, 5) is 60.7. The minimum Gasteiger partial charge on any atom is -0.507 e. The Morgan fingerprint density at radius 3 is 2.21 bits per heavy atom. The summed E-state index contributed by atoms with van der Waals surface area (Å²) in [5, 5.41) is 13.4. The largest absolute Gasteiger partial charge is 0.507 e. The number of urea groups is 1. The van der Waals surface area contributed by atoms with Gasteiger partial charge in [0, 0.05) is 76.4 Å². The molecule has 0 bridgehead atoms. The number of para-hydroxylation sites is 1. The second-order valence-corrected chi connectivity index (χ2v) is 14.9. The van der Waals surface area contributed by atoms with Crippen LogP contribution in [0.1, 0.15) is 74.1 Å². The van der Waals surface area contributed by atoms with Crippen molar-refractivity contribution in [2.45, 2.75) is 96.7 Å². The SMILES string of the molecule is CCOC(=O)CC1CCC(N2CCN(C(=O)[C@@H](Cc3cc(C)c(O)c(C)c3)OC(=O)N3CCC(N4CCc5ccccc5NC4=O)CC3)CC2)CC1. The van der Waals surface area contributed by atoms with E-state index in [4.69, 9.17) is 9.47 Å². The van der Waals surface area contributed by atoms with Gasteiger partial charge in [-0.2, -0.15) is 0 Å². The second-order valence-electron chi connectivity index (χ2n) is 14.9. The van der Waals surface area contributed by atoms with E-state index in [1.54, 1.807) is 4.90 Å². The molecule has 1 saturated carbocycles. The van der Waals surface area contributed by atoms with Gasteiger partial charge in [-0.3, -0.25) is 14.5 Å². The Hall–Kier alpha value is -4.32. The van der Waals surface area contributed by atoms with Gasteiger partial charge in [0.1, 0.15) is 5.75 Å². The lowest BCUT2D eigenvalue weighted by Gasteiger charge is -2.42. The van der Waals surface area contributed by atoms with Crippen molar-refractivity contribution in [2.75, 3.05) is 57.7 Å². The van der Waals surface area contributed by atoms with E-state index in [2.05, 4.69) is 10.2 Å². The quantitative estimate of drug-likeness (QED) is 0.336. The number of phenols is 1.